The summed E-state index contributed by atoms with van der Waals surface area (Å²) in [5.41, 5.74) is 5.75. The van der Waals surface area contributed by atoms with Gasteiger partial charge in [0.15, 0.2) is 5.11 Å². The summed E-state index contributed by atoms with van der Waals surface area (Å²) in [6, 6.07) is 1.40. The summed E-state index contributed by atoms with van der Waals surface area (Å²) in [6.45, 7) is 1.71. The maximum Gasteiger partial charge on any atom is 0.312 e. The van der Waals surface area contributed by atoms with Gasteiger partial charge in [-0.25, -0.2) is 4.98 Å². The molecule has 0 radical (unpaired) electrons. The predicted octanol–water partition coefficient (Wildman–Crippen LogP) is 0.954. The van der Waals surface area contributed by atoms with Crippen LogP contribution in [0.1, 0.15) is 5.56 Å². The summed E-state index contributed by atoms with van der Waals surface area (Å²) < 4.78 is 0. The second-order valence-electron chi connectivity index (χ2n) is 2.63. The molecule has 0 saturated carbocycles. The molecule has 7 heteroatoms. The Kier molecular flexibility index (Phi) is 2.92. The molecular weight excluding hydrogens is 204 g/mol. The highest BCUT2D eigenvalue weighted by Crippen LogP contribution is 2.21. The fraction of sp³-hybridized carbons (Fsp3) is 0.143. The van der Waals surface area contributed by atoms with Crippen LogP contribution in [-0.4, -0.2) is 15.0 Å². The lowest BCUT2D eigenvalue weighted by atomic mass is 10.3. The molecule has 0 spiro atoms. The second-order valence-corrected chi connectivity index (χ2v) is 3.07. The average Bonchev–Trinajstić information content (AvgIpc) is 2.07. The first-order valence-electron chi connectivity index (χ1n) is 3.68. The van der Waals surface area contributed by atoms with Gasteiger partial charge < -0.3 is 11.1 Å². The molecule has 74 valence electrons. The quantitative estimate of drug-likeness (QED) is 0.430. The third-order valence-electron chi connectivity index (χ3n) is 1.44. The van der Waals surface area contributed by atoms with Crippen molar-refractivity contribution in [2.45, 2.75) is 6.92 Å². The average molecular weight is 212 g/mol. The summed E-state index contributed by atoms with van der Waals surface area (Å²) in [4.78, 5) is 13.9. The zero-order valence-electron chi connectivity index (χ0n) is 7.35. The summed E-state index contributed by atoms with van der Waals surface area (Å²) in [7, 11) is 0. The number of pyridine rings is 1. The van der Waals surface area contributed by atoms with Crippen LogP contribution in [0, 0.1) is 17.0 Å². The van der Waals surface area contributed by atoms with Crippen molar-refractivity contribution in [1.29, 1.82) is 0 Å². The van der Waals surface area contributed by atoms with Gasteiger partial charge in [0.1, 0.15) is 0 Å². The summed E-state index contributed by atoms with van der Waals surface area (Å²) in [6.07, 6.45) is 1.49. The number of nitrogens with two attached hydrogens (primary N) is 1. The second kappa shape index (κ2) is 3.97. The summed E-state index contributed by atoms with van der Waals surface area (Å²) in [5.74, 6) is 0.0631. The van der Waals surface area contributed by atoms with Gasteiger partial charge in [-0.15, -0.1) is 0 Å². The topological polar surface area (TPSA) is 94.1 Å². The van der Waals surface area contributed by atoms with E-state index in [4.69, 9.17) is 5.73 Å². The van der Waals surface area contributed by atoms with E-state index in [0.717, 1.165) is 0 Å². The Morgan fingerprint density at radius 2 is 2.43 bits per heavy atom. The van der Waals surface area contributed by atoms with Crippen molar-refractivity contribution in [2.75, 3.05) is 5.32 Å². The lowest BCUT2D eigenvalue weighted by Crippen LogP contribution is -2.20. The lowest BCUT2D eigenvalue weighted by Gasteiger charge is -2.03. The number of aryl methyl sites for hydroxylation is 1. The van der Waals surface area contributed by atoms with Crippen molar-refractivity contribution in [2.24, 2.45) is 5.73 Å². The van der Waals surface area contributed by atoms with Crippen LogP contribution in [-0.2, 0) is 0 Å². The van der Waals surface area contributed by atoms with Gasteiger partial charge in [0.25, 0.3) is 0 Å². The fourth-order valence-corrected chi connectivity index (χ4v) is 1.00. The summed E-state index contributed by atoms with van der Waals surface area (Å²) >= 11 is 4.56. The van der Waals surface area contributed by atoms with E-state index in [0.29, 0.717) is 5.56 Å². The summed E-state index contributed by atoms with van der Waals surface area (Å²) in [5, 5.41) is 13.0. The Labute approximate surface area is 85.3 Å². The molecule has 0 saturated heterocycles. The molecular formula is C7H8N4O2S. The maximum atomic E-state index is 10.6. The molecule has 0 aliphatic rings. The first-order valence-corrected chi connectivity index (χ1v) is 4.09. The molecule has 0 aliphatic carbocycles. The Morgan fingerprint density at radius 1 is 1.79 bits per heavy atom. The number of hydrogen-bond acceptors (Lipinski definition) is 4. The van der Waals surface area contributed by atoms with Crippen molar-refractivity contribution < 1.29 is 4.92 Å². The highest BCUT2D eigenvalue weighted by Gasteiger charge is 2.15. The van der Waals surface area contributed by atoms with E-state index < -0.39 is 4.92 Å². The maximum absolute atomic E-state index is 10.6. The number of hydrogen-bond donors (Lipinski definition) is 2. The Balaban J connectivity index is 3.14. The monoisotopic (exact) mass is 212 g/mol. The minimum atomic E-state index is -0.541. The number of nitro groups is 1. The molecule has 0 amide bonds. The van der Waals surface area contributed by atoms with Crippen LogP contribution in [0.4, 0.5) is 11.5 Å². The molecule has 0 aliphatic heterocycles. The number of nitrogens with one attached hydrogen (secondary N) is 1. The van der Waals surface area contributed by atoms with E-state index in [1.54, 1.807) is 6.92 Å². The van der Waals surface area contributed by atoms with Crippen LogP contribution >= 0.6 is 12.2 Å². The molecule has 14 heavy (non-hydrogen) atoms. The first-order chi connectivity index (χ1) is 6.50. The molecule has 3 N–H and O–H groups in total. The van der Waals surface area contributed by atoms with E-state index in [-0.39, 0.29) is 16.6 Å². The van der Waals surface area contributed by atoms with E-state index >= 15 is 0 Å². The molecule has 0 bridgehead atoms. The minimum absolute atomic E-state index is 0.0514. The van der Waals surface area contributed by atoms with Crippen LogP contribution in [0.2, 0.25) is 0 Å². The molecule has 0 aromatic carbocycles. The SMILES string of the molecule is Cc1cnc(NC(N)=S)c([N+](=O)[O-])c1. The van der Waals surface area contributed by atoms with Gasteiger partial charge in [-0.3, -0.25) is 10.1 Å². The van der Waals surface area contributed by atoms with Crippen LogP contribution in [0.15, 0.2) is 12.3 Å². The number of anilines is 1. The van der Waals surface area contributed by atoms with Crippen molar-refractivity contribution in [3.63, 3.8) is 0 Å². The Bertz CT molecular complexity index is 393. The first kappa shape index (κ1) is 10.3. The lowest BCUT2D eigenvalue weighted by molar-refractivity contribution is -0.384. The molecule has 1 aromatic rings. The molecule has 1 rings (SSSR count). The number of aromatic nitrogens is 1. The number of nitrogens with zero attached hydrogens (tertiary/aromatic N) is 2. The molecule has 1 aromatic heterocycles. The minimum Gasteiger partial charge on any atom is -0.376 e. The van der Waals surface area contributed by atoms with Crippen molar-refractivity contribution >= 4 is 28.8 Å². The van der Waals surface area contributed by atoms with Gasteiger partial charge in [0, 0.05) is 12.3 Å². The van der Waals surface area contributed by atoms with Crippen LogP contribution in [0.25, 0.3) is 0 Å². The van der Waals surface area contributed by atoms with Crippen molar-refractivity contribution in [3.8, 4) is 0 Å². The zero-order chi connectivity index (χ0) is 10.7. The smallest absolute Gasteiger partial charge is 0.312 e. The number of thiocarbonyl (C=S) groups is 1. The van der Waals surface area contributed by atoms with E-state index in [1.807, 2.05) is 0 Å². The van der Waals surface area contributed by atoms with Gasteiger partial charge in [-0.1, -0.05) is 0 Å². The van der Waals surface area contributed by atoms with Crippen molar-refractivity contribution in [1.82, 2.24) is 4.98 Å². The van der Waals surface area contributed by atoms with Crippen LogP contribution < -0.4 is 11.1 Å². The third kappa shape index (κ3) is 2.36. The van der Waals surface area contributed by atoms with Crippen LogP contribution in [0.3, 0.4) is 0 Å². The third-order valence-corrected chi connectivity index (χ3v) is 1.54. The molecule has 1 heterocycles. The van der Waals surface area contributed by atoms with Gasteiger partial charge in [0.05, 0.1) is 4.92 Å². The highest BCUT2D eigenvalue weighted by molar-refractivity contribution is 7.80. The largest absolute Gasteiger partial charge is 0.376 e. The highest BCUT2D eigenvalue weighted by atomic mass is 32.1. The van der Waals surface area contributed by atoms with Gasteiger partial charge >= 0.3 is 5.69 Å². The zero-order valence-corrected chi connectivity index (χ0v) is 8.17. The molecule has 6 nitrogen and oxygen atoms in total. The van der Waals surface area contributed by atoms with E-state index in [9.17, 15) is 10.1 Å². The Morgan fingerprint density at radius 3 is 2.93 bits per heavy atom. The fourth-order valence-electron chi connectivity index (χ4n) is 0.906. The number of rotatable bonds is 2. The van der Waals surface area contributed by atoms with Crippen LogP contribution in [0.5, 0.6) is 0 Å². The predicted molar refractivity (Wildman–Crippen MR) is 56.0 cm³/mol. The van der Waals surface area contributed by atoms with Crippen molar-refractivity contribution in [3.05, 3.63) is 27.9 Å². The molecule has 0 unspecified atom stereocenters. The normalized spacial score (nSPS) is 9.50. The standard InChI is InChI=1S/C7H8N4O2S/c1-4-2-5(11(12)13)6(9-3-4)10-7(8)14/h2-3H,1H3,(H3,8,9,10,14). The Hall–Kier alpha value is -1.76. The molecule has 0 fully saturated rings. The van der Waals surface area contributed by atoms with E-state index in [2.05, 4.69) is 22.5 Å². The molecule has 0 atom stereocenters. The van der Waals surface area contributed by atoms with Gasteiger partial charge in [-0.05, 0) is 24.7 Å². The van der Waals surface area contributed by atoms with Gasteiger partial charge in [0.2, 0.25) is 5.82 Å². The van der Waals surface area contributed by atoms with E-state index in [1.165, 1.54) is 12.3 Å². The van der Waals surface area contributed by atoms with Gasteiger partial charge in [-0.2, -0.15) is 0 Å².